The Labute approximate surface area is 116 Å². The molecule has 3 heteroatoms. The highest BCUT2D eigenvalue weighted by Gasteiger charge is 2.24. The van der Waals surface area contributed by atoms with Crippen molar-refractivity contribution < 1.29 is 14.6 Å². The Balaban J connectivity index is 0.00000154. The first kappa shape index (κ1) is 17.6. The Kier molecular flexibility index (Phi) is 6.23. The van der Waals surface area contributed by atoms with Crippen LogP contribution in [0.4, 0.5) is 0 Å². The van der Waals surface area contributed by atoms with Gasteiger partial charge in [-0.15, -0.1) is 0 Å². The maximum absolute atomic E-state index is 11.1. The minimum absolute atomic E-state index is 0.0421. The Morgan fingerprint density at radius 2 is 1.58 bits per heavy atom. The van der Waals surface area contributed by atoms with Crippen LogP contribution in [-0.2, 0) is 5.41 Å². The minimum Gasteiger partial charge on any atom is -0.487 e. The van der Waals surface area contributed by atoms with E-state index in [1.165, 1.54) is 0 Å². The molecule has 0 aliphatic rings. The Bertz CT molecular complexity index is 409. The quantitative estimate of drug-likeness (QED) is 0.832. The molecule has 1 aromatic carbocycles. The number of aliphatic hydroxyl groups excluding tert-OH is 1. The minimum atomic E-state index is -0.306. The van der Waals surface area contributed by atoms with E-state index in [2.05, 4.69) is 20.8 Å². The normalized spacial score (nSPS) is 11.4. The van der Waals surface area contributed by atoms with Crippen molar-refractivity contribution in [3.8, 4) is 5.75 Å². The molecule has 1 N–H and O–H groups in total. The number of hydrogen-bond donors (Lipinski definition) is 1. The predicted octanol–water partition coefficient (Wildman–Crippen LogP) is 3.58. The van der Waals surface area contributed by atoms with Crippen molar-refractivity contribution in [2.75, 3.05) is 7.11 Å². The molecule has 0 unspecified atom stereocenters. The fraction of sp³-hybridized carbons (Fsp3) is 0.562. The van der Waals surface area contributed by atoms with Gasteiger partial charge in [0.1, 0.15) is 11.4 Å². The molecule has 0 bridgehead atoms. The molecule has 0 atom stereocenters. The number of hydrogen-bond acceptors (Lipinski definition) is 3. The predicted molar refractivity (Wildman–Crippen MR) is 79.1 cm³/mol. The van der Waals surface area contributed by atoms with Gasteiger partial charge in [0.25, 0.3) is 0 Å². The van der Waals surface area contributed by atoms with Crippen LogP contribution in [0.3, 0.4) is 0 Å². The Morgan fingerprint density at radius 1 is 1.05 bits per heavy atom. The third-order valence-electron chi connectivity index (χ3n) is 2.39. The third kappa shape index (κ3) is 5.43. The number of ether oxygens (including phenoxy) is 1. The number of para-hydroxylation sites is 1. The lowest BCUT2D eigenvalue weighted by atomic mass is 9.85. The van der Waals surface area contributed by atoms with E-state index in [1.807, 2.05) is 32.9 Å². The van der Waals surface area contributed by atoms with Gasteiger partial charge in [0.2, 0.25) is 0 Å². The molecule has 0 heterocycles. The van der Waals surface area contributed by atoms with E-state index < -0.39 is 0 Å². The van der Waals surface area contributed by atoms with Crippen molar-refractivity contribution in [1.82, 2.24) is 0 Å². The summed E-state index contributed by atoms with van der Waals surface area (Å²) in [5, 5.41) is 7.00. The van der Waals surface area contributed by atoms with Gasteiger partial charge < -0.3 is 9.84 Å². The summed E-state index contributed by atoms with van der Waals surface area (Å²) in [6.07, 6.45) is 0.857. The van der Waals surface area contributed by atoms with Crippen LogP contribution in [0.1, 0.15) is 57.5 Å². The van der Waals surface area contributed by atoms with Crippen LogP contribution >= 0.6 is 0 Å². The van der Waals surface area contributed by atoms with Gasteiger partial charge in [-0.1, -0.05) is 32.9 Å². The van der Waals surface area contributed by atoms with Crippen LogP contribution in [0.25, 0.3) is 0 Å². The van der Waals surface area contributed by atoms with E-state index >= 15 is 0 Å². The molecule has 0 aliphatic carbocycles. The summed E-state index contributed by atoms with van der Waals surface area (Å²) >= 11 is 0. The first-order valence-corrected chi connectivity index (χ1v) is 6.37. The van der Waals surface area contributed by atoms with Crippen LogP contribution in [-0.4, -0.2) is 24.1 Å². The van der Waals surface area contributed by atoms with Gasteiger partial charge >= 0.3 is 0 Å². The summed E-state index contributed by atoms with van der Waals surface area (Å²) in [5.74, 6) is 0.711. The topological polar surface area (TPSA) is 46.5 Å². The second kappa shape index (κ2) is 6.71. The van der Waals surface area contributed by atoms with Gasteiger partial charge in [-0.05, 0) is 32.3 Å². The van der Waals surface area contributed by atoms with Gasteiger partial charge in [-0.2, -0.15) is 0 Å². The number of rotatable bonds is 2. The van der Waals surface area contributed by atoms with Crippen LogP contribution in [0.2, 0.25) is 0 Å². The van der Waals surface area contributed by atoms with Crippen molar-refractivity contribution in [3.63, 3.8) is 0 Å². The molecule has 0 amide bonds. The molecule has 19 heavy (non-hydrogen) atoms. The summed E-state index contributed by atoms with van der Waals surface area (Å²) in [7, 11) is 1.00. The van der Waals surface area contributed by atoms with Gasteiger partial charge in [0.05, 0.1) is 5.56 Å². The van der Waals surface area contributed by atoms with Crippen LogP contribution in [0.5, 0.6) is 5.75 Å². The smallest absolute Gasteiger partial charge is 0.153 e. The second-order valence-electron chi connectivity index (χ2n) is 6.31. The van der Waals surface area contributed by atoms with E-state index in [1.54, 1.807) is 6.07 Å². The van der Waals surface area contributed by atoms with Gasteiger partial charge in [0, 0.05) is 12.7 Å². The number of aldehydes is 1. The van der Waals surface area contributed by atoms with E-state index in [0.717, 1.165) is 19.0 Å². The number of benzene rings is 1. The standard InChI is InChI=1S/C15H22O2.CH4O/c1-14(2,3)12-9-7-8-11(10-16)13(12)17-15(4,5)6;1-2/h7-10H,1-6H3;2H,1H3. The van der Waals surface area contributed by atoms with Crippen LogP contribution < -0.4 is 4.74 Å². The monoisotopic (exact) mass is 266 g/mol. The molecular formula is C16H26O3. The number of carbonyl (C=O) groups excluding carboxylic acids is 1. The van der Waals surface area contributed by atoms with Crippen molar-refractivity contribution in [1.29, 1.82) is 0 Å². The largest absolute Gasteiger partial charge is 0.487 e. The summed E-state index contributed by atoms with van der Waals surface area (Å²) < 4.78 is 5.95. The fourth-order valence-corrected chi connectivity index (χ4v) is 1.66. The van der Waals surface area contributed by atoms with Crippen molar-refractivity contribution >= 4 is 6.29 Å². The average Bonchev–Trinajstić information content (AvgIpc) is 2.28. The first-order chi connectivity index (χ1) is 8.65. The highest BCUT2D eigenvalue weighted by molar-refractivity contribution is 5.80. The van der Waals surface area contributed by atoms with Crippen molar-refractivity contribution in [2.24, 2.45) is 0 Å². The zero-order valence-corrected chi connectivity index (χ0v) is 13.1. The molecule has 1 rings (SSSR count). The van der Waals surface area contributed by atoms with Gasteiger partial charge in [-0.25, -0.2) is 0 Å². The maximum Gasteiger partial charge on any atom is 0.153 e. The second-order valence-corrected chi connectivity index (χ2v) is 6.31. The summed E-state index contributed by atoms with van der Waals surface area (Å²) in [5.41, 5.74) is 1.34. The lowest BCUT2D eigenvalue weighted by Gasteiger charge is -2.29. The summed E-state index contributed by atoms with van der Waals surface area (Å²) in [6, 6.07) is 5.72. The molecule has 0 saturated carbocycles. The molecule has 0 aromatic heterocycles. The molecular weight excluding hydrogens is 240 g/mol. The molecule has 3 nitrogen and oxygen atoms in total. The molecule has 0 spiro atoms. The number of aliphatic hydroxyl groups is 1. The average molecular weight is 266 g/mol. The molecule has 0 fully saturated rings. The molecule has 108 valence electrons. The van der Waals surface area contributed by atoms with E-state index in [0.29, 0.717) is 11.3 Å². The van der Waals surface area contributed by atoms with E-state index in [4.69, 9.17) is 9.84 Å². The van der Waals surface area contributed by atoms with E-state index in [9.17, 15) is 4.79 Å². The first-order valence-electron chi connectivity index (χ1n) is 6.37. The Hall–Kier alpha value is -1.35. The zero-order chi connectivity index (χ0) is 15.3. The summed E-state index contributed by atoms with van der Waals surface area (Å²) in [6.45, 7) is 12.3. The number of carbonyl (C=O) groups is 1. The van der Waals surface area contributed by atoms with Gasteiger partial charge in [-0.3, -0.25) is 4.79 Å². The summed E-state index contributed by atoms with van der Waals surface area (Å²) in [4.78, 5) is 11.1. The third-order valence-corrected chi connectivity index (χ3v) is 2.39. The lowest BCUT2D eigenvalue weighted by Crippen LogP contribution is -2.26. The van der Waals surface area contributed by atoms with Crippen molar-refractivity contribution in [3.05, 3.63) is 29.3 Å². The van der Waals surface area contributed by atoms with Crippen LogP contribution in [0, 0.1) is 0 Å². The van der Waals surface area contributed by atoms with Crippen molar-refractivity contribution in [2.45, 2.75) is 52.6 Å². The SMILES string of the molecule is CC(C)(C)Oc1c(C=O)cccc1C(C)(C)C.CO. The zero-order valence-electron chi connectivity index (χ0n) is 13.1. The molecule has 0 radical (unpaired) electrons. The Morgan fingerprint density at radius 3 is 1.95 bits per heavy atom. The van der Waals surface area contributed by atoms with Gasteiger partial charge in [0.15, 0.2) is 6.29 Å². The maximum atomic E-state index is 11.1. The molecule has 0 saturated heterocycles. The fourth-order valence-electron chi connectivity index (χ4n) is 1.66. The molecule has 1 aromatic rings. The van der Waals surface area contributed by atoms with Crippen LogP contribution in [0.15, 0.2) is 18.2 Å². The highest BCUT2D eigenvalue weighted by Crippen LogP contribution is 2.35. The highest BCUT2D eigenvalue weighted by atomic mass is 16.5. The lowest BCUT2D eigenvalue weighted by molar-refractivity contribution is 0.109. The van der Waals surface area contributed by atoms with E-state index in [-0.39, 0.29) is 11.0 Å². The molecule has 0 aliphatic heterocycles.